The number of rotatable bonds is 4. The fourth-order valence-electron chi connectivity index (χ4n) is 5.29. The molecule has 0 spiro atoms. The van der Waals surface area contributed by atoms with Gasteiger partial charge in [-0.15, -0.1) is 4.99 Å². The number of amides is 3. The SMILES string of the molecule is CN1CC=C(c2ccc(C(=O)Nc3ccc(N4CCN(C(=NC(=O)OC(C)(C)C)NC(=O)OC(C)(C)C)CC4)c(C(F)(F)F)c3)cc2)CC1. The lowest BCUT2D eigenvalue weighted by Crippen LogP contribution is -2.54. The van der Waals surface area contributed by atoms with Crippen molar-refractivity contribution in [1.82, 2.24) is 15.1 Å². The second-order valence-electron chi connectivity index (χ2n) is 14.0. The molecule has 2 aromatic carbocycles. The molecule has 11 nitrogen and oxygen atoms in total. The van der Waals surface area contributed by atoms with Crippen molar-refractivity contribution in [2.75, 3.05) is 56.5 Å². The van der Waals surface area contributed by atoms with Gasteiger partial charge >= 0.3 is 18.4 Å². The highest BCUT2D eigenvalue weighted by molar-refractivity contribution is 6.04. The number of ether oxygens (including phenoxy) is 2. The van der Waals surface area contributed by atoms with Gasteiger partial charge in [-0.05, 0) is 96.5 Å². The first-order chi connectivity index (χ1) is 22.8. The van der Waals surface area contributed by atoms with Crippen LogP contribution in [0.3, 0.4) is 0 Å². The molecule has 0 unspecified atom stereocenters. The lowest BCUT2D eigenvalue weighted by atomic mass is 9.98. The normalized spacial score (nSPS) is 16.5. The summed E-state index contributed by atoms with van der Waals surface area (Å²) in [5, 5.41) is 5.08. The van der Waals surface area contributed by atoms with Gasteiger partial charge in [0, 0.05) is 56.2 Å². The Balaban J connectivity index is 1.47. The zero-order valence-corrected chi connectivity index (χ0v) is 29.0. The van der Waals surface area contributed by atoms with E-state index in [1.807, 2.05) is 19.2 Å². The van der Waals surface area contributed by atoms with E-state index in [1.165, 1.54) is 17.7 Å². The summed E-state index contributed by atoms with van der Waals surface area (Å²) in [6.07, 6.45) is -3.45. The molecule has 0 radical (unpaired) electrons. The fourth-order valence-corrected chi connectivity index (χ4v) is 5.29. The van der Waals surface area contributed by atoms with Crippen LogP contribution in [0.5, 0.6) is 0 Å². The summed E-state index contributed by atoms with van der Waals surface area (Å²) in [6, 6.07) is 10.7. The summed E-state index contributed by atoms with van der Waals surface area (Å²) >= 11 is 0. The number of alkyl halides is 3. The van der Waals surface area contributed by atoms with Crippen LogP contribution >= 0.6 is 0 Å². The van der Waals surface area contributed by atoms with Crippen LogP contribution in [0, 0.1) is 0 Å². The molecule has 2 aliphatic rings. The van der Waals surface area contributed by atoms with Crippen molar-refractivity contribution in [3.63, 3.8) is 0 Å². The minimum Gasteiger partial charge on any atom is -0.444 e. The van der Waals surface area contributed by atoms with Gasteiger partial charge in [-0.3, -0.25) is 10.1 Å². The van der Waals surface area contributed by atoms with E-state index in [-0.39, 0.29) is 43.5 Å². The lowest BCUT2D eigenvalue weighted by Gasteiger charge is -2.38. The van der Waals surface area contributed by atoms with E-state index >= 15 is 0 Å². The highest BCUT2D eigenvalue weighted by atomic mass is 19.4. The fraction of sp³-hybridized carbons (Fsp3) is 0.486. The maximum Gasteiger partial charge on any atom is 0.437 e. The van der Waals surface area contributed by atoms with Crippen LogP contribution < -0.4 is 15.5 Å². The van der Waals surface area contributed by atoms with E-state index in [9.17, 15) is 27.6 Å². The first-order valence-corrected chi connectivity index (χ1v) is 16.1. The van der Waals surface area contributed by atoms with E-state index in [1.54, 1.807) is 63.5 Å². The van der Waals surface area contributed by atoms with E-state index in [4.69, 9.17) is 9.47 Å². The number of hydrogen-bond acceptors (Lipinski definition) is 7. The molecule has 0 aliphatic carbocycles. The van der Waals surface area contributed by atoms with Gasteiger partial charge in [-0.2, -0.15) is 13.2 Å². The van der Waals surface area contributed by atoms with Crippen molar-refractivity contribution in [3.05, 3.63) is 65.2 Å². The molecule has 4 rings (SSSR count). The van der Waals surface area contributed by atoms with Crippen molar-refractivity contribution in [2.24, 2.45) is 4.99 Å². The largest absolute Gasteiger partial charge is 0.444 e. The third-order valence-corrected chi connectivity index (χ3v) is 7.61. The monoisotopic (exact) mass is 686 g/mol. The molecule has 266 valence electrons. The standard InChI is InChI=1S/C35H45F3N6O5/c1-33(2,3)48-31(46)40-30(41-32(47)49-34(4,5)6)44-20-18-43(19-21-44)28-13-12-26(22-27(28)35(36,37)38)39-29(45)25-10-8-23(9-11-25)24-14-16-42(7)17-15-24/h8-14,22H,15-21H2,1-7H3,(H,39,45)(H,40,41,46,47). The van der Waals surface area contributed by atoms with Crippen LogP contribution in [0.1, 0.15) is 69.4 Å². The van der Waals surface area contributed by atoms with Crippen LogP contribution in [-0.4, -0.2) is 91.4 Å². The summed E-state index contributed by atoms with van der Waals surface area (Å²) in [7, 11) is 2.05. The molecule has 1 saturated heterocycles. The van der Waals surface area contributed by atoms with E-state index in [2.05, 4.69) is 26.6 Å². The number of alkyl carbamates (subject to hydrolysis) is 1. The molecule has 1 fully saturated rings. The maximum absolute atomic E-state index is 14.4. The molecule has 0 saturated carbocycles. The number of carbonyl (C=O) groups excluding carboxylic acids is 3. The highest BCUT2D eigenvalue weighted by Gasteiger charge is 2.36. The summed E-state index contributed by atoms with van der Waals surface area (Å²) in [4.78, 5) is 47.3. The topological polar surface area (TPSA) is 116 Å². The predicted octanol–water partition coefficient (Wildman–Crippen LogP) is 6.61. The number of aliphatic imine (C=N–C) groups is 1. The number of likely N-dealkylation sites (N-methyl/N-ethyl adjacent to an activating group) is 1. The number of nitrogens with zero attached hydrogens (tertiary/aromatic N) is 4. The van der Waals surface area contributed by atoms with Crippen LogP contribution in [0.4, 0.5) is 34.1 Å². The van der Waals surface area contributed by atoms with Crippen LogP contribution in [0.25, 0.3) is 5.57 Å². The average molecular weight is 687 g/mol. The maximum atomic E-state index is 14.4. The van der Waals surface area contributed by atoms with Crippen molar-refractivity contribution in [3.8, 4) is 0 Å². The molecule has 49 heavy (non-hydrogen) atoms. The van der Waals surface area contributed by atoms with Crippen LogP contribution in [0.2, 0.25) is 0 Å². The Bertz CT molecular complexity index is 1580. The summed E-state index contributed by atoms with van der Waals surface area (Å²) in [6.45, 7) is 12.3. The van der Waals surface area contributed by atoms with Gasteiger partial charge in [0.1, 0.15) is 11.2 Å². The lowest BCUT2D eigenvalue weighted by molar-refractivity contribution is -0.137. The Hall–Kier alpha value is -4.59. The summed E-state index contributed by atoms with van der Waals surface area (Å²) in [5.74, 6) is -0.652. The number of hydrogen-bond donors (Lipinski definition) is 2. The van der Waals surface area contributed by atoms with Gasteiger partial charge in [0.25, 0.3) is 5.91 Å². The number of guanidine groups is 1. The minimum absolute atomic E-state index is 0.00940. The van der Waals surface area contributed by atoms with Gasteiger partial charge in [-0.25, -0.2) is 9.59 Å². The minimum atomic E-state index is -4.71. The second kappa shape index (κ2) is 14.9. The number of piperazine rings is 1. The number of carbonyl (C=O) groups is 3. The molecule has 0 aromatic heterocycles. The van der Waals surface area contributed by atoms with Gasteiger partial charge in [0.15, 0.2) is 0 Å². The van der Waals surface area contributed by atoms with Crippen LogP contribution in [0.15, 0.2) is 53.5 Å². The zero-order chi connectivity index (χ0) is 36.1. The Kier molecular flexibility index (Phi) is 11.3. The number of nitrogens with one attached hydrogen (secondary N) is 2. The summed E-state index contributed by atoms with van der Waals surface area (Å²) in [5.41, 5.74) is -0.0897. The van der Waals surface area contributed by atoms with Crippen molar-refractivity contribution >= 4 is 41.0 Å². The van der Waals surface area contributed by atoms with Gasteiger partial charge < -0.3 is 29.5 Å². The van der Waals surface area contributed by atoms with Gasteiger partial charge in [0.05, 0.1) is 5.56 Å². The Morgan fingerprint density at radius 1 is 0.837 bits per heavy atom. The molecule has 3 amide bonds. The first kappa shape index (κ1) is 37.2. The highest BCUT2D eigenvalue weighted by Crippen LogP contribution is 2.39. The van der Waals surface area contributed by atoms with E-state index in [0.717, 1.165) is 31.1 Å². The zero-order valence-electron chi connectivity index (χ0n) is 29.0. The van der Waals surface area contributed by atoms with Crippen molar-refractivity contribution in [1.29, 1.82) is 0 Å². The molecule has 0 atom stereocenters. The predicted molar refractivity (Wildman–Crippen MR) is 183 cm³/mol. The Morgan fingerprint density at radius 2 is 1.47 bits per heavy atom. The average Bonchev–Trinajstić information content (AvgIpc) is 2.99. The molecule has 0 bridgehead atoms. The third kappa shape index (κ3) is 11.0. The number of benzene rings is 2. The van der Waals surface area contributed by atoms with E-state index in [0.29, 0.717) is 5.56 Å². The number of halogens is 3. The molecule has 2 heterocycles. The molecule has 14 heteroatoms. The quantitative estimate of drug-likeness (QED) is 0.273. The Morgan fingerprint density at radius 3 is 2.02 bits per heavy atom. The smallest absolute Gasteiger partial charge is 0.437 e. The molecular weight excluding hydrogens is 641 g/mol. The molecule has 2 aliphatic heterocycles. The second-order valence-corrected chi connectivity index (χ2v) is 14.0. The summed E-state index contributed by atoms with van der Waals surface area (Å²) < 4.78 is 53.7. The van der Waals surface area contributed by atoms with Crippen LogP contribution in [-0.2, 0) is 15.7 Å². The molecule has 2 aromatic rings. The van der Waals surface area contributed by atoms with Gasteiger partial charge in [-0.1, -0.05) is 18.2 Å². The van der Waals surface area contributed by atoms with Crippen molar-refractivity contribution in [2.45, 2.75) is 65.3 Å². The molecular formula is C35H45F3N6O5. The first-order valence-electron chi connectivity index (χ1n) is 16.1. The Labute approximate surface area is 285 Å². The molecule has 2 N–H and O–H groups in total. The number of anilines is 2. The van der Waals surface area contributed by atoms with Gasteiger partial charge in [0.2, 0.25) is 5.96 Å². The van der Waals surface area contributed by atoms with E-state index < -0.39 is 41.0 Å². The van der Waals surface area contributed by atoms with Crippen molar-refractivity contribution < 1.29 is 37.0 Å². The third-order valence-electron chi connectivity index (χ3n) is 7.61.